The van der Waals surface area contributed by atoms with Crippen LogP contribution in [0.4, 0.5) is 0 Å². The summed E-state index contributed by atoms with van der Waals surface area (Å²) in [6.07, 6.45) is 5.50. The molecule has 1 aromatic heterocycles. The van der Waals surface area contributed by atoms with E-state index in [1.165, 1.54) is 23.8 Å². The van der Waals surface area contributed by atoms with Crippen LogP contribution in [0.15, 0.2) is 23.1 Å². The van der Waals surface area contributed by atoms with Crippen molar-refractivity contribution < 1.29 is 9.84 Å². The largest absolute Gasteiger partial charge is 0.487 e. The maximum absolute atomic E-state index is 12.0. The average molecular weight is 266 g/mol. The molecule has 2 heterocycles. The first-order valence-electron chi connectivity index (χ1n) is 6.97. The van der Waals surface area contributed by atoms with Crippen LogP contribution in [0.25, 0.3) is 0 Å². The van der Waals surface area contributed by atoms with Crippen LogP contribution < -0.4 is 10.3 Å². The SMILES string of the molecule is O=c1c(OCCN2CCCCC2)cccn1CCO. The molecule has 0 aromatic carbocycles. The number of ether oxygens (including phenoxy) is 1. The number of aliphatic hydroxyl groups is 1. The Labute approximate surface area is 113 Å². The molecule has 2 rings (SSSR count). The quantitative estimate of drug-likeness (QED) is 0.824. The Hall–Kier alpha value is -1.33. The molecule has 1 aliphatic heterocycles. The van der Waals surface area contributed by atoms with E-state index in [2.05, 4.69) is 4.90 Å². The van der Waals surface area contributed by atoms with Gasteiger partial charge in [-0.2, -0.15) is 0 Å². The fraction of sp³-hybridized carbons (Fsp3) is 0.643. The van der Waals surface area contributed by atoms with Crippen molar-refractivity contribution in [3.63, 3.8) is 0 Å². The van der Waals surface area contributed by atoms with Crippen LogP contribution >= 0.6 is 0 Å². The Bertz CT molecular complexity index is 439. The first kappa shape index (κ1) is 14.1. The third-order valence-corrected chi connectivity index (χ3v) is 3.44. The van der Waals surface area contributed by atoms with Gasteiger partial charge in [0.05, 0.1) is 6.61 Å². The summed E-state index contributed by atoms with van der Waals surface area (Å²) in [5, 5.41) is 8.87. The highest BCUT2D eigenvalue weighted by Crippen LogP contribution is 2.08. The monoisotopic (exact) mass is 266 g/mol. The van der Waals surface area contributed by atoms with Gasteiger partial charge in [0.25, 0.3) is 5.56 Å². The number of likely N-dealkylation sites (tertiary alicyclic amines) is 1. The molecule has 5 nitrogen and oxygen atoms in total. The van der Waals surface area contributed by atoms with Crippen molar-refractivity contribution in [2.45, 2.75) is 25.8 Å². The molecule has 0 radical (unpaired) electrons. The molecule has 1 aliphatic rings. The van der Waals surface area contributed by atoms with E-state index in [0.29, 0.717) is 18.9 Å². The summed E-state index contributed by atoms with van der Waals surface area (Å²) >= 11 is 0. The molecule has 0 atom stereocenters. The summed E-state index contributed by atoms with van der Waals surface area (Å²) in [5.74, 6) is 0.368. The van der Waals surface area contributed by atoms with Crippen molar-refractivity contribution in [3.05, 3.63) is 28.7 Å². The van der Waals surface area contributed by atoms with Crippen molar-refractivity contribution in [1.82, 2.24) is 9.47 Å². The number of hydrogen-bond donors (Lipinski definition) is 1. The van der Waals surface area contributed by atoms with Crippen molar-refractivity contribution in [3.8, 4) is 5.75 Å². The van der Waals surface area contributed by atoms with Gasteiger partial charge in [-0.15, -0.1) is 0 Å². The predicted molar refractivity (Wildman–Crippen MR) is 73.6 cm³/mol. The lowest BCUT2D eigenvalue weighted by Crippen LogP contribution is -2.34. The molecule has 0 unspecified atom stereocenters. The first-order chi connectivity index (χ1) is 9.31. The molecule has 0 spiro atoms. The Balaban J connectivity index is 1.85. The minimum absolute atomic E-state index is 0.0445. The van der Waals surface area contributed by atoms with Gasteiger partial charge in [0.1, 0.15) is 6.61 Å². The molecule has 1 fully saturated rings. The summed E-state index contributed by atoms with van der Waals surface area (Å²) < 4.78 is 7.04. The molecule has 0 bridgehead atoms. The predicted octanol–water partition coefficient (Wildman–Crippen LogP) is 0.705. The van der Waals surface area contributed by atoms with E-state index in [0.717, 1.165) is 19.6 Å². The maximum atomic E-state index is 12.0. The highest BCUT2D eigenvalue weighted by atomic mass is 16.5. The Morgan fingerprint density at radius 2 is 2.00 bits per heavy atom. The van der Waals surface area contributed by atoms with Crippen LogP contribution in [0, 0.1) is 0 Å². The number of rotatable bonds is 6. The topological polar surface area (TPSA) is 54.7 Å². The lowest BCUT2D eigenvalue weighted by molar-refractivity contribution is 0.181. The second-order valence-electron chi connectivity index (χ2n) is 4.85. The minimum atomic E-state index is -0.171. The molecular formula is C14H22N2O3. The highest BCUT2D eigenvalue weighted by Gasteiger charge is 2.10. The van der Waals surface area contributed by atoms with E-state index in [4.69, 9.17) is 9.84 Å². The van der Waals surface area contributed by atoms with E-state index in [1.54, 1.807) is 18.3 Å². The number of aliphatic hydroxyl groups excluding tert-OH is 1. The Morgan fingerprint density at radius 3 is 2.74 bits per heavy atom. The summed E-state index contributed by atoms with van der Waals surface area (Å²) in [4.78, 5) is 14.3. The number of aromatic nitrogens is 1. The van der Waals surface area contributed by atoms with Gasteiger partial charge in [0, 0.05) is 19.3 Å². The van der Waals surface area contributed by atoms with Gasteiger partial charge < -0.3 is 14.4 Å². The van der Waals surface area contributed by atoms with Gasteiger partial charge in [-0.25, -0.2) is 0 Å². The number of hydrogen-bond acceptors (Lipinski definition) is 4. The number of piperidine rings is 1. The smallest absolute Gasteiger partial charge is 0.292 e. The lowest BCUT2D eigenvalue weighted by Gasteiger charge is -2.26. The zero-order chi connectivity index (χ0) is 13.5. The molecule has 0 aliphatic carbocycles. The Kier molecular flexibility index (Phi) is 5.42. The molecule has 19 heavy (non-hydrogen) atoms. The summed E-state index contributed by atoms with van der Waals surface area (Å²) in [5.41, 5.74) is -0.171. The fourth-order valence-corrected chi connectivity index (χ4v) is 2.38. The normalized spacial score (nSPS) is 16.5. The maximum Gasteiger partial charge on any atom is 0.292 e. The van der Waals surface area contributed by atoms with Crippen LogP contribution in [-0.2, 0) is 6.54 Å². The third-order valence-electron chi connectivity index (χ3n) is 3.44. The number of pyridine rings is 1. The van der Waals surface area contributed by atoms with Crippen LogP contribution in [-0.4, -0.2) is 47.4 Å². The molecule has 106 valence electrons. The fourth-order valence-electron chi connectivity index (χ4n) is 2.38. The van der Waals surface area contributed by atoms with Crippen LogP contribution in [0.1, 0.15) is 19.3 Å². The molecular weight excluding hydrogens is 244 g/mol. The molecule has 0 amide bonds. The van der Waals surface area contributed by atoms with Gasteiger partial charge in [-0.3, -0.25) is 9.69 Å². The van der Waals surface area contributed by atoms with Gasteiger partial charge >= 0.3 is 0 Å². The first-order valence-corrected chi connectivity index (χ1v) is 6.97. The van der Waals surface area contributed by atoms with E-state index >= 15 is 0 Å². The second kappa shape index (κ2) is 7.31. The van der Waals surface area contributed by atoms with Crippen molar-refractivity contribution in [2.24, 2.45) is 0 Å². The second-order valence-corrected chi connectivity index (χ2v) is 4.85. The third kappa shape index (κ3) is 4.08. The van der Waals surface area contributed by atoms with E-state index in [9.17, 15) is 4.79 Å². The van der Waals surface area contributed by atoms with Gasteiger partial charge in [-0.05, 0) is 38.1 Å². The van der Waals surface area contributed by atoms with Crippen molar-refractivity contribution in [1.29, 1.82) is 0 Å². The Morgan fingerprint density at radius 1 is 1.21 bits per heavy atom. The van der Waals surface area contributed by atoms with Crippen LogP contribution in [0.2, 0.25) is 0 Å². The van der Waals surface area contributed by atoms with E-state index < -0.39 is 0 Å². The van der Waals surface area contributed by atoms with Crippen molar-refractivity contribution >= 4 is 0 Å². The standard InChI is InChI=1S/C14H22N2O3/c17-11-9-16-8-4-5-13(14(16)18)19-12-10-15-6-2-1-3-7-15/h4-5,8,17H,1-3,6-7,9-12H2. The van der Waals surface area contributed by atoms with Gasteiger partial charge in [0.15, 0.2) is 5.75 Å². The van der Waals surface area contributed by atoms with Crippen LogP contribution in [0.5, 0.6) is 5.75 Å². The zero-order valence-corrected chi connectivity index (χ0v) is 11.3. The lowest BCUT2D eigenvalue weighted by atomic mass is 10.1. The summed E-state index contributed by atoms with van der Waals surface area (Å²) in [7, 11) is 0. The van der Waals surface area contributed by atoms with Crippen LogP contribution in [0.3, 0.4) is 0 Å². The summed E-state index contributed by atoms with van der Waals surface area (Å²) in [6, 6.07) is 3.46. The molecule has 5 heteroatoms. The minimum Gasteiger partial charge on any atom is -0.487 e. The highest BCUT2D eigenvalue weighted by molar-refractivity contribution is 5.17. The summed E-state index contributed by atoms with van der Waals surface area (Å²) in [6.45, 7) is 3.94. The van der Waals surface area contributed by atoms with E-state index in [1.807, 2.05) is 0 Å². The van der Waals surface area contributed by atoms with E-state index in [-0.39, 0.29) is 12.2 Å². The van der Waals surface area contributed by atoms with Gasteiger partial charge in [-0.1, -0.05) is 6.42 Å². The zero-order valence-electron chi connectivity index (χ0n) is 11.3. The molecule has 0 saturated carbocycles. The molecule has 1 aromatic rings. The van der Waals surface area contributed by atoms with Crippen molar-refractivity contribution in [2.75, 3.05) is 32.8 Å². The molecule has 1 saturated heterocycles. The van der Waals surface area contributed by atoms with Gasteiger partial charge in [0.2, 0.25) is 0 Å². The molecule has 1 N–H and O–H groups in total. The average Bonchev–Trinajstić information content (AvgIpc) is 2.44. The number of nitrogens with zero attached hydrogens (tertiary/aromatic N) is 2.